The molecular weight excluding hydrogens is 284 g/mol. The van der Waals surface area contributed by atoms with Crippen molar-refractivity contribution >= 4 is 11.8 Å². The summed E-state index contributed by atoms with van der Waals surface area (Å²) < 4.78 is 15.2. The van der Waals surface area contributed by atoms with Crippen LogP contribution in [0.4, 0.5) is 0 Å². The van der Waals surface area contributed by atoms with Crippen LogP contribution in [0.25, 0.3) is 0 Å². The van der Waals surface area contributed by atoms with E-state index in [4.69, 9.17) is 9.47 Å². The Bertz CT molecular complexity index is 736. The van der Waals surface area contributed by atoms with E-state index in [9.17, 15) is 9.59 Å². The molecule has 0 aromatic heterocycles. The molecule has 112 valence electrons. The summed E-state index contributed by atoms with van der Waals surface area (Å²) in [6, 6.07) is 11.7. The second kappa shape index (κ2) is 5.99. The summed E-state index contributed by atoms with van der Waals surface area (Å²) in [6.45, 7) is 0.639. The number of carbonyl (C=O) groups is 2. The fourth-order valence-corrected chi connectivity index (χ4v) is 2.30. The van der Waals surface area contributed by atoms with Crippen LogP contribution in [0.5, 0.6) is 5.75 Å². The second-order valence-corrected chi connectivity index (χ2v) is 4.83. The smallest absolute Gasteiger partial charge is 0.337 e. The zero-order chi connectivity index (χ0) is 15.5. The molecule has 2 aromatic rings. The SMILES string of the molecule is COC(=O)c1cccc(C(=O)c2ccc3c(c2)COCO3)c1. The van der Waals surface area contributed by atoms with Crippen molar-refractivity contribution in [3.63, 3.8) is 0 Å². The number of hydrogen-bond acceptors (Lipinski definition) is 5. The van der Waals surface area contributed by atoms with Crippen LogP contribution in [0.2, 0.25) is 0 Å². The number of rotatable bonds is 3. The molecule has 0 fully saturated rings. The molecule has 0 spiro atoms. The summed E-state index contributed by atoms with van der Waals surface area (Å²) in [4.78, 5) is 24.1. The quantitative estimate of drug-likeness (QED) is 0.644. The summed E-state index contributed by atoms with van der Waals surface area (Å²) in [5.41, 5.74) is 2.13. The Balaban J connectivity index is 1.92. The van der Waals surface area contributed by atoms with Crippen LogP contribution >= 0.6 is 0 Å². The highest BCUT2D eigenvalue weighted by Gasteiger charge is 2.16. The zero-order valence-electron chi connectivity index (χ0n) is 12.0. The molecule has 0 radical (unpaired) electrons. The van der Waals surface area contributed by atoms with Gasteiger partial charge in [0.05, 0.1) is 19.3 Å². The predicted molar refractivity (Wildman–Crippen MR) is 77.9 cm³/mol. The summed E-state index contributed by atoms with van der Waals surface area (Å²) >= 11 is 0. The number of ether oxygens (including phenoxy) is 3. The van der Waals surface area contributed by atoms with E-state index >= 15 is 0 Å². The maximum absolute atomic E-state index is 12.6. The van der Waals surface area contributed by atoms with Crippen molar-refractivity contribution in [1.29, 1.82) is 0 Å². The van der Waals surface area contributed by atoms with E-state index in [1.54, 1.807) is 36.4 Å². The van der Waals surface area contributed by atoms with Gasteiger partial charge in [-0.1, -0.05) is 12.1 Å². The van der Waals surface area contributed by atoms with Crippen LogP contribution in [0.15, 0.2) is 42.5 Å². The average Bonchev–Trinajstić information content (AvgIpc) is 2.60. The largest absolute Gasteiger partial charge is 0.467 e. The first-order valence-electron chi connectivity index (χ1n) is 6.75. The van der Waals surface area contributed by atoms with E-state index in [1.807, 2.05) is 0 Å². The van der Waals surface area contributed by atoms with E-state index in [1.165, 1.54) is 13.2 Å². The summed E-state index contributed by atoms with van der Waals surface area (Å²) in [7, 11) is 1.31. The van der Waals surface area contributed by atoms with Gasteiger partial charge in [-0.2, -0.15) is 0 Å². The number of esters is 1. The Morgan fingerprint density at radius 1 is 1.05 bits per heavy atom. The Labute approximate surface area is 127 Å². The maximum atomic E-state index is 12.6. The monoisotopic (exact) mass is 298 g/mol. The number of hydrogen-bond donors (Lipinski definition) is 0. The minimum Gasteiger partial charge on any atom is -0.467 e. The van der Waals surface area contributed by atoms with Crippen molar-refractivity contribution in [2.45, 2.75) is 6.61 Å². The van der Waals surface area contributed by atoms with E-state index in [-0.39, 0.29) is 12.6 Å². The number of ketones is 1. The third-order valence-corrected chi connectivity index (χ3v) is 3.42. The molecule has 22 heavy (non-hydrogen) atoms. The first kappa shape index (κ1) is 14.3. The zero-order valence-corrected chi connectivity index (χ0v) is 12.0. The van der Waals surface area contributed by atoms with Crippen molar-refractivity contribution in [2.24, 2.45) is 0 Å². The third kappa shape index (κ3) is 2.71. The van der Waals surface area contributed by atoms with Gasteiger partial charge < -0.3 is 14.2 Å². The van der Waals surface area contributed by atoms with E-state index in [2.05, 4.69) is 4.74 Å². The molecule has 1 aliphatic rings. The van der Waals surface area contributed by atoms with Gasteiger partial charge in [0.1, 0.15) is 5.75 Å². The number of benzene rings is 2. The lowest BCUT2D eigenvalue weighted by atomic mass is 9.99. The van der Waals surface area contributed by atoms with E-state index in [0.29, 0.717) is 23.3 Å². The topological polar surface area (TPSA) is 61.8 Å². The molecule has 0 aliphatic carbocycles. The van der Waals surface area contributed by atoms with Crippen molar-refractivity contribution in [1.82, 2.24) is 0 Å². The molecule has 0 saturated heterocycles. The fraction of sp³-hybridized carbons (Fsp3) is 0.176. The lowest BCUT2D eigenvalue weighted by Gasteiger charge is -2.18. The Morgan fingerprint density at radius 3 is 2.64 bits per heavy atom. The highest BCUT2D eigenvalue weighted by Crippen LogP contribution is 2.25. The Kier molecular flexibility index (Phi) is 3.89. The van der Waals surface area contributed by atoms with Gasteiger partial charge in [-0.15, -0.1) is 0 Å². The number of methoxy groups -OCH3 is 1. The molecular formula is C17H14O5. The molecule has 0 bridgehead atoms. The van der Waals surface area contributed by atoms with Crippen LogP contribution in [0.1, 0.15) is 31.8 Å². The van der Waals surface area contributed by atoms with Crippen LogP contribution in [0.3, 0.4) is 0 Å². The molecule has 1 heterocycles. The van der Waals surface area contributed by atoms with Crippen molar-refractivity contribution in [3.05, 3.63) is 64.7 Å². The lowest BCUT2D eigenvalue weighted by molar-refractivity contribution is -0.0163. The number of fused-ring (bicyclic) bond motifs is 1. The standard InChI is InChI=1S/C17H14O5/c1-20-17(19)13-4-2-3-11(7-13)16(18)12-5-6-15-14(8-12)9-21-10-22-15/h2-8H,9-10H2,1H3. The molecule has 0 unspecified atom stereocenters. The first-order valence-corrected chi connectivity index (χ1v) is 6.75. The maximum Gasteiger partial charge on any atom is 0.337 e. The van der Waals surface area contributed by atoms with E-state index in [0.717, 1.165) is 11.3 Å². The molecule has 5 nitrogen and oxygen atoms in total. The summed E-state index contributed by atoms with van der Waals surface area (Å²) in [6.07, 6.45) is 0. The van der Waals surface area contributed by atoms with Crippen LogP contribution in [-0.4, -0.2) is 25.7 Å². The van der Waals surface area contributed by atoms with Crippen molar-refractivity contribution in [3.8, 4) is 5.75 Å². The fourth-order valence-electron chi connectivity index (χ4n) is 2.30. The van der Waals surface area contributed by atoms with Gasteiger partial charge in [-0.25, -0.2) is 4.79 Å². The lowest BCUT2D eigenvalue weighted by Crippen LogP contribution is -2.12. The minimum atomic E-state index is -0.470. The second-order valence-electron chi connectivity index (χ2n) is 4.83. The summed E-state index contributed by atoms with van der Waals surface area (Å²) in [5.74, 6) is 0.0899. The predicted octanol–water partition coefficient (Wildman–Crippen LogP) is 2.57. The Morgan fingerprint density at radius 2 is 1.82 bits per heavy atom. The van der Waals surface area contributed by atoms with Gasteiger partial charge in [0.25, 0.3) is 0 Å². The van der Waals surface area contributed by atoms with Gasteiger partial charge in [-0.05, 0) is 30.3 Å². The highest BCUT2D eigenvalue weighted by atomic mass is 16.7. The summed E-state index contributed by atoms with van der Waals surface area (Å²) in [5, 5.41) is 0. The van der Waals surface area contributed by atoms with Crippen LogP contribution < -0.4 is 4.74 Å². The van der Waals surface area contributed by atoms with Crippen LogP contribution in [0, 0.1) is 0 Å². The minimum absolute atomic E-state index is 0.167. The van der Waals surface area contributed by atoms with Gasteiger partial charge in [-0.3, -0.25) is 4.79 Å². The number of carbonyl (C=O) groups excluding carboxylic acids is 2. The first-order chi connectivity index (χ1) is 10.7. The van der Waals surface area contributed by atoms with Crippen molar-refractivity contribution < 1.29 is 23.8 Å². The molecule has 0 saturated carbocycles. The molecule has 0 atom stereocenters. The molecule has 0 N–H and O–H groups in total. The molecule has 3 rings (SSSR count). The Hall–Kier alpha value is -2.66. The van der Waals surface area contributed by atoms with Gasteiger partial charge in [0.2, 0.25) is 0 Å². The average molecular weight is 298 g/mol. The van der Waals surface area contributed by atoms with Crippen molar-refractivity contribution in [2.75, 3.05) is 13.9 Å². The molecule has 1 aliphatic heterocycles. The van der Waals surface area contributed by atoms with Gasteiger partial charge in [0.15, 0.2) is 12.6 Å². The molecule has 0 amide bonds. The molecule has 2 aromatic carbocycles. The van der Waals surface area contributed by atoms with E-state index < -0.39 is 5.97 Å². The highest BCUT2D eigenvalue weighted by molar-refractivity contribution is 6.10. The normalized spacial score (nSPS) is 13.0. The third-order valence-electron chi connectivity index (χ3n) is 3.42. The van der Waals surface area contributed by atoms with Crippen LogP contribution in [-0.2, 0) is 16.1 Å². The molecule has 5 heteroatoms. The van der Waals surface area contributed by atoms with Gasteiger partial charge >= 0.3 is 5.97 Å². The van der Waals surface area contributed by atoms with Gasteiger partial charge in [0, 0.05) is 16.7 Å².